The van der Waals surface area contributed by atoms with Crippen LogP contribution in [0.3, 0.4) is 0 Å². The molecule has 2 aliphatic rings. The highest BCUT2D eigenvalue weighted by molar-refractivity contribution is 5.81. The zero-order valence-corrected chi connectivity index (χ0v) is 22.1. The normalized spacial score (nSPS) is 20.0. The van der Waals surface area contributed by atoms with E-state index in [-0.39, 0.29) is 12.3 Å². The minimum atomic E-state index is -0.349. The molecule has 4 rings (SSSR count). The fourth-order valence-corrected chi connectivity index (χ4v) is 5.40. The fraction of sp³-hybridized carbons (Fsp3) is 0.531. The Bertz CT molecular complexity index is 938. The van der Waals surface area contributed by atoms with Gasteiger partial charge < -0.3 is 18.9 Å². The first-order valence-corrected chi connectivity index (χ1v) is 14.1. The van der Waals surface area contributed by atoms with Gasteiger partial charge in [-0.3, -0.25) is 0 Å². The first kappa shape index (κ1) is 27.4. The number of ether oxygens (including phenoxy) is 4. The summed E-state index contributed by atoms with van der Waals surface area (Å²) in [6, 6.07) is 17.6. The molecule has 1 saturated heterocycles. The Balaban J connectivity index is 1.13. The van der Waals surface area contributed by atoms with Gasteiger partial charge in [0.15, 0.2) is 6.29 Å². The van der Waals surface area contributed by atoms with Crippen molar-refractivity contribution in [2.45, 2.75) is 76.4 Å². The van der Waals surface area contributed by atoms with Gasteiger partial charge in [0.25, 0.3) is 0 Å². The minimum absolute atomic E-state index is 0.0455. The van der Waals surface area contributed by atoms with Crippen LogP contribution in [0, 0.1) is 5.92 Å². The van der Waals surface area contributed by atoms with E-state index in [0.29, 0.717) is 19.1 Å². The van der Waals surface area contributed by atoms with E-state index >= 15 is 0 Å². The zero-order chi connectivity index (χ0) is 25.7. The number of rotatable bonds is 14. The van der Waals surface area contributed by atoms with Crippen LogP contribution in [-0.2, 0) is 19.0 Å². The maximum Gasteiger partial charge on any atom is 0.330 e. The number of hydrogen-bond donors (Lipinski definition) is 0. The molecule has 0 unspecified atom stereocenters. The van der Waals surface area contributed by atoms with Gasteiger partial charge in [-0.2, -0.15) is 0 Å². The first-order chi connectivity index (χ1) is 18.2. The van der Waals surface area contributed by atoms with Crippen molar-refractivity contribution in [2.75, 3.05) is 26.4 Å². The van der Waals surface area contributed by atoms with Crippen LogP contribution in [0.2, 0.25) is 0 Å². The molecule has 5 heteroatoms. The van der Waals surface area contributed by atoms with Crippen LogP contribution in [0.1, 0.15) is 75.7 Å². The van der Waals surface area contributed by atoms with Gasteiger partial charge >= 0.3 is 5.97 Å². The molecule has 0 amide bonds. The quantitative estimate of drug-likeness (QED) is 0.151. The maximum atomic E-state index is 11.0. The molecule has 2 aromatic carbocycles. The molecule has 200 valence electrons. The molecule has 1 aliphatic carbocycles. The van der Waals surface area contributed by atoms with Gasteiger partial charge in [0.05, 0.1) is 26.4 Å². The smallest absolute Gasteiger partial charge is 0.330 e. The predicted octanol–water partition coefficient (Wildman–Crippen LogP) is 7.45. The van der Waals surface area contributed by atoms with E-state index in [9.17, 15) is 4.79 Å². The van der Waals surface area contributed by atoms with Gasteiger partial charge in [-0.05, 0) is 105 Å². The number of carbonyl (C=O) groups is 1. The molecule has 0 spiro atoms. The van der Waals surface area contributed by atoms with Crippen molar-refractivity contribution in [2.24, 2.45) is 5.92 Å². The SMILES string of the molecule is C=CC(=O)OCCCCCCOc1ccc(-c2ccc(C3CCC(CCC4OCCO4)CC3)cc2)cc1. The Morgan fingerprint density at radius 2 is 1.43 bits per heavy atom. The Kier molecular flexibility index (Phi) is 11.1. The van der Waals surface area contributed by atoms with E-state index in [2.05, 4.69) is 55.1 Å². The molecule has 0 atom stereocenters. The van der Waals surface area contributed by atoms with Crippen LogP contribution >= 0.6 is 0 Å². The molecule has 1 aliphatic heterocycles. The van der Waals surface area contributed by atoms with Crippen molar-refractivity contribution in [3.8, 4) is 16.9 Å². The van der Waals surface area contributed by atoms with Crippen molar-refractivity contribution in [1.82, 2.24) is 0 Å². The van der Waals surface area contributed by atoms with Crippen LogP contribution in [-0.4, -0.2) is 38.7 Å². The monoisotopic (exact) mass is 506 g/mol. The van der Waals surface area contributed by atoms with Gasteiger partial charge in [-0.25, -0.2) is 4.79 Å². The average Bonchev–Trinajstić information content (AvgIpc) is 3.48. The van der Waals surface area contributed by atoms with Gasteiger partial charge in [0.2, 0.25) is 0 Å². The van der Waals surface area contributed by atoms with E-state index < -0.39 is 0 Å². The Morgan fingerprint density at radius 3 is 2.08 bits per heavy atom. The summed E-state index contributed by atoms with van der Waals surface area (Å²) in [6.45, 7) is 6.06. The summed E-state index contributed by atoms with van der Waals surface area (Å²) in [6.07, 6.45) is 12.7. The summed E-state index contributed by atoms with van der Waals surface area (Å²) < 4.78 is 22.1. The number of carbonyl (C=O) groups excluding carboxylic acids is 1. The third-order valence-corrected chi connectivity index (χ3v) is 7.64. The zero-order valence-electron chi connectivity index (χ0n) is 22.1. The molecule has 5 nitrogen and oxygen atoms in total. The fourth-order valence-electron chi connectivity index (χ4n) is 5.40. The van der Waals surface area contributed by atoms with E-state index in [1.807, 2.05) is 0 Å². The summed E-state index contributed by atoms with van der Waals surface area (Å²) in [5.41, 5.74) is 3.94. The van der Waals surface area contributed by atoms with Crippen LogP contribution in [0.25, 0.3) is 11.1 Å². The molecular weight excluding hydrogens is 464 g/mol. The molecular formula is C32H42O5. The highest BCUT2D eigenvalue weighted by atomic mass is 16.7. The van der Waals surface area contributed by atoms with Gasteiger partial charge in [0, 0.05) is 6.08 Å². The van der Waals surface area contributed by atoms with Crippen LogP contribution in [0.5, 0.6) is 5.75 Å². The Hall–Kier alpha value is -2.63. The summed E-state index contributed by atoms with van der Waals surface area (Å²) in [4.78, 5) is 11.0. The lowest BCUT2D eigenvalue weighted by atomic mass is 9.77. The van der Waals surface area contributed by atoms with Crippen molar-refractivity contribution >= 4 is 5.97 Å². The van der Waals surface area contributed by atoms with E-state index in [0.717, 1.165) is 57.0 Å². The molecule has 37 heavy (non-hydrogen) atoms. The Labute approximate surface area is 222 Å². The van der Waals surface area contributed by atoms with Gasteiger partial charge in [-0.1, -0.05) is 43.0 Å². The van der Waals surface area contributed by atoms with E-state index in [1.54, 1.807) is 0 Å². The molecule has 0 N–H and O–H groups in total. The van der Waals surface area contributed by atoms with Crippen molar-refractivity contribution in [3.05, 3.63) is 66.7 Å². The van der Waals surface area contributed by atoms with Crippen LogP contribution in [0.15, 0.2) is 61.2 Å². The topological polar surface area (TPSA) is 54.0 Å². The van der Waals surface area contributed by atoms with Crippen LogP contribution < -0.4 is 4.74 Å². The number of benzene rings is 2. The first-order valence-electron chi connectivity index (χ1n) is 14.1. The van der Waals surface area contributed by atoms with Crippen molar-refractivity contribution in [1.29, 1.82) is 0 Å². The maximum absolute atomic E-state index is 11.0. The second kappa shape index (κ2) is 14.9. The molecule has 0 bridgehead atoms. The van der Waals surface area contributed by atoms with Crippen molar-refractivity contribution < 1.29 is 23.7 Å². The summed E-state index contributed by atoms with van der Waals surface area (Å²) in [7, 11) is 0. The summed E-state index contributed by atoms with van der Waals surface area (Å²) in [5, 5.41) is 0. The lowest BCUT2D eigenvalue weighted by Gasteiger charge is -2.29. The number of hydrogen-bond acceptors (Lipinski definition) is 5. The molecule has 2 aromatic rings. The third-order valence-electron chi connectivity index (χ3n) is 7.64. The number of esters is 1. The molecule has 1 heterocycles. The predicted molar refractivity (Wildman–Crippen MR) is 147 cm³/mol. The van der Waals surface area contributed by atoms with Crippen LogP contribution in [0.4, 0.5) is 0 Å². The molecule has 0 radical (unpaired) electrons. The van der Waals surface area contributed by atoms with Crippen molar-refractivity contribution in [3.63, 3.8) is 0 Å². The molecule has 1 saturated carbocycles. The number of unbranched alkanes of at least 4 members (excludes halogenated alkanes) is 3. The summed E-state index contributed by atoms with van der Waals surface area (Å²) >= 11 is 0. The average molecular weight is 507 g/mol. The Morgan fingerprint density at radius 1 is 0.811 bits per heavy atom. The second-order valence-corrected chi connectivity index (χ2v) is 10.2. The lowest BCUT2D eigenvalue weighted by molar-refractivity contribution is -0.137. The molecule has 0 aromatic heterocycles. The van der Waals surface area contributed by atoms with E-state index in [4.69, 9.17) is 18.9 Å². The van der Waals surface area contributed by atoms with E-state index in [1.165, 1.54) is 54.9 Å². The highest BCUT2D eigenvalue weighted by Gasteiger charge is 2.24. The lowest BCUT2D eigenvalue weighted by Crippen LogP contribution is -2.16. The van der Waals surface area contributed by atoms with Gasteiger partial charge in [0.1, 0.15) is 5.75 Å². The van der Waals surface area contributed by atoms with Gasteiger partial charge in [-0.15, -0.1) is 0 Å². The second-order valence-electron chi connectivity index (χ2n) is 10.2. The largest absolute Gasteiger partial charge is 0.494 e. The third kappa shape index (κ3) is 9.01. The highest BCUT2D eigenvalue weighted by Crippen LogP contribution is 2.38. The summed E-state index contributed by atoms with van der Waals surface area (Å²) in [5.74, 6) is 2.06. The minimum Gasteiger partial charge on any atom is -0.494 e. The molecule has 2 fully saturated rings. The standard InChI is InChI=1S/C32H42O5/c1-2-31(33)35-22-6-4-3-5-21-34-30-18-16-29(17-19-30)28-14-12-27(13-15-28)26-10-7-25(8-11-26)9-20-32-36-23-24-37-32/h2,12-19,25-26,32H,1,3-11,20-24H2.